The second-order valence-electron chi connectivity index (χ2n) is 4.13. The Morgan fingerprint density at radius 1 is 1.50 bits per heavy atom. The molecule has 1 aliphatic rings. The fourth-order valence-electron chi connectivity index (χ4n) is 1.98. The van der Waals surface area contributed by atoms with E-state index in [0.717, 1.165) is 29.1 Å². The summed E-state index contributed by atoms with van der Waals surface area (Å²) in [6.07, 6.45) is 1.00. The van der Waals surface area contributed by atoms with E-state index in [1.807, 2.05) is 36.9 Å². The molecular weight excluding hydrogens is 220 g/mol. The van der Waals surface area contributed by atoms with Crippen LogP contribution in [-0.4, -0.2) is 24.4 Å². The highest BCUT2D eigenvalue weighted by atomic mass is 32.2. The molecule has 1 aromatic rings. The SMILES string of the molecule is COc1ccc(C)cc1C(=O)C1CCSC1. The number of ketones is 1. The van der Waals surface area contributed by atoms with Gasteiger partial charge in [0, 0.05) is 11.7 Å². The van der Waals surface area contributed by atoms with E-state index in [0.29, 0.717) is 5.75 Å². The molecule has 1 aliphatic heterocycles. The van der Waals surface area contributed by atoms with Gasteiger partial charge in [0.15, 0.2) is 5.78 Å². The normalized spacial score (nSPS) is 19.8. The molecule has 0 bridgehead atoms. The summed E-state index contributed by atoms with van der Waals surface area (Å²) in [5, 5.41) is 0. The second-order valence-corrected chi connectivity index (χ2v) is 5.28. The molecule has 2 rings (SSSR count). The molecule has 2 nitrogen and oxygen atoms in total. The molecule has 86 valence electrons. The molecule has 0 radical (unpaired) electrons. The number of thioether (sulfide) groups is 1. The lowest BCUT2D eigenvalue weighted by atomic mass is 9.95. The van der Waals surface area contributed by atoms with Crippen LogP contribution in [0, 0.1) is 12.8 Å². The average molecular weight is 236 g/mol. The number of hydrogen-bond acceptors (Lipinski definition) is 3. The summed E-state index contributed by atoms with van der Waals surface area (Å²) in [6, 6.07) is 5.79. The van der Waals surface area contributed by atoms with Crippen molar-refractivity contribution in [3.63, 3.8) is 0 Å². The smallest absolute Gasteiger partial charge is 0.170 e. The number of carbonyl (C=O) groups is 1. The average Bonchev–Trinajstić information content (AvgIpc) is 2.81. The molecule has 1 aromatic carbocycles. The van der Waals surface area contributed by atoms with E-state index in [-0.39, 0.29) is 11.7 Å². The Morgan fingerprint density at radius 2 is 2.31 bits per heavy atom. The van der Waals surface area contributed by atoms with Gasteiger partial charge < -0.3 is 4.74 Å². The van der Waals surface area contributed by atoms with Crippen molar-refractivity contribution in [2.75, 3.05) is 18.6 Å². The van der Waals surface area contributed by atoms with Gasteiger partial charge in [-0.15, -0.1) is 0 Å². The van der Waals surface area contributed by atoms with E-state index in [9.17, 15) is 4.79 Å². The van der Waals surface area contributed by atoms with E-state index >= 15 is 0 Å². The molecule has 0 amide bonds. The van der Waals surface area contributed by atoms with Crippen LogP contribution in [-0.2, 0) is 0 Å². The molecule has 1 saturated heterocycles. The minimum Gasteiger partial charge on any atom is -0.496 e. The molecule has 1 unspecified atom stereocenters. The van der Waals surface area contributed by atoms with Gasteiger partial charge in [-0.05, 0) is 31.2 Å². The van der Waals surface area contributed by atoms with Crippen LogP contribution < -0.4 is 4.74 Å². The summed E-state index contributed by atoms with van der Waals surface area (Å²) in [7, 11) is 1.62. The molecule has 1 fully saturated rings. The summed E-state index contributed by atoms with van der Waals surface area (Å²) in [5.74, 6) is 3.18. The van der Waals surface area contributed by atoms with Crippen molar-refractivity contribution in [3.8, 4) is 5.75 Å². The van der Waals surface area contributed by atoms with Crippen molar-refractivity contribution < 1.29 is 9.53 Å². The van der Waals surface area contributed by atoms with Crippen molar-refractivity contribution >= 4 is 17.5 Å². The van der Waals surface area contributed by atoms with Crippen LogP contribution in [0.4, 0.5) is 0 Å². The molecule has 0 N–H and O–H groups in total. The quantitative estimate of drug-likeness (QED) is 0.755. The lowest BCUT2D eigenvalue weighted by Crippen LogP contribution is -2.15. The van der Waals surface area contributed by atoms with E-state index < -0.39 is 0 Å². The van der Waals surface area contributed by atoms with Crippen LogP contribution in [0.5, 0.6) is 5.75 Å². The first-order valence-corrected chi connectivity index (χ1v) is 6.64. The van der Waals surface area contributed by atoms with Crippen LogP contribution in [0.1, 0.15) is 22.3 Å². The summed E-state index contributed by atoms with van der Waals surface area (Å²) >= 11 is 1.86. The number of rotatable bonds is 3. The second kappa shape index (κ2) is 4.91. The van der Waals surface area contributed by atoms with Crippen LogP contribution in [0.25, 0.3) is 0 Å². The number of Topliss-reactive ketones (excluding diaryl/α,β-unsaturated/α-hetero) is 1. The van der Waals surface area contributed by atoms with Gasteiger partial charge in [0.1, 0.15) is 5.75 Å². The Kier molecular flexibility index (Phi) is 3.54. The zero-order valence-corrected chi connectivity index (χ0v) is 10.5. The number of hydrogen-bond donors (Lipinski definition) is 0. The summed E-state index contributed by atoms with van der Waals surface area (Å²) in [5.41, 5.74) is 1.85. The Balaban J connectivity index is 2.30. The summed E-state index contributed by atoms with van der Waals surface area (Å²) < 4.78 is 5.25. The number of carbonyl (C=O) groups excluding carboxylic acids is 1. The zero-order chi connectivity index (χ0) is 11.5. The molecule has 0 saturated carbocycles. The molecule has 16 heavy (non-hydrogen) atoms. The van der Waals surface area contributed by atoms with Crippen molar-refractivity contribution in [2.24, 2.45) is 5.92 Å². The molecule has 3 heteroatoms. The first-order chi connectivity index (χ1) is 7.72. The number of ether oxygens (including phenoxy) is 1. The van der Waals surface area contributed by atoms with Crippen LogP contribution in [0.3, 0.4) is 0 Å². The van der Waals surface area contributed by atoms with Gasteiger partial charge in [0.05, 0.1) is 12.7 Å². The first-order valence-electron chi connectivity index (χ1n) is 5.49. The third kappa shape index (κ3) is 2.24. The van der Waals surface area contributed by atoms with Crippen molar-refractivity contribution in [2.45, 2.75) is 13.3 Å². The number of benzene rings is 1. The highest BCUT2D eigenvalue weighted by Crippen LogP contribution is 2.30. The molecule has 1 atom stereocenters. The van der Waals surface area contributed by atoms with Crippen molar-refractivity contribution in [3.05, 3.63) is 29.3 Å². The Hall–Kier alpha value is -0.960. The molecule has 0 aliphatic carbocycles. The minimum atomic E-state index is 0.181. The van der Waals surface area contributed by atoms with Crippen molar-refractivity contribution in [1.29, 1.82) is 0 Å². The largest absolute Gasteiger partial charge is 0.496 e. The predicted octanol–water partition coefficient (Wildman–Crippen LogP) is 2.94. The maximum Gasteiger partial charge on any atom is 0.170 e. The zero-order valence-electron chi connectivity index (χ0n) is 9.66. The monoisotopic (exact) mass is 236 g/mol. The summed E-state index contributed by atoms with van der Waals surface area (Å²) in [6.45, 7) is 2.00. The number of methoxy groups -OCH3 is 1. The van der Waals surface area contributed by atoms with Crippen molar-refractivity contribution in [1.82, 2.24) is 0 Å². The van der Waals surface area contributed by atoms with E-state index in [1.165, 1.54) is 0 Å². The van der Waals surface area contributed by atoms with Gasteiger partial charge in [-0.25, -0.2) is 0 Å². The highest BCUT2D eigenvalue weighted by Gasteiger charge is 2.26. The molecule has 0 spiro atoms. The fraction of sp³-hybridized carbons (Fsp3) is 0.462. The van der Waals surface area contributed by atoms with Gasteiger partial charge in [-0.2, -0.15) is 11.8 Å². The lowest BCUT2D eigenvalue weighted by Gasteiger charge is -2.12. The highest BCUT2D eigenvalue weighted by molar-refractivity contribution is 7.99. The van der Waals surface area contributed by atoms with Gasteiger partial charge in [-0.1, -0.05) is 11.6 Å². The van der Waals surface area contributed by atoms with Crippen LogP contribution >= 0.6 is 11.8 Å². The maximum absolute atomic E-state index is 12.3. The standard InChI is InChI=1S/C13H16O2S/c1-9-3-4-12(15-2)11(7-9)13(14)10-5-6-16-8-10/h3-4,7,10H,5-6,8H2,1-2H3. The topological polar surface area (TPSA) is 26.3 Å². The van der Waals surface area contributed by atoms with Gasteiger partial charge in [0.2, 0.25) is 0 Å². The third-order valence-electron chi connectivity index (χ3n) is 2.92. The molecular formula is C13H16O2S. The van der Waals surface area contributed by atoms with Gasteiger partial charge in [0.25, 0.3) is 0 Å². The predicted molar refractivity (Wildman–Crippen MR) is 67.5 cm³/mol. The van der Waals surface area contributed by atoms with Gasteiger partial charge >= 0.3 is 0 Å². The molecule has 0 aromatic heterocycles. The van der Waals surface area contributed by atoms with Crippen LogP contribution in [0.15, 0.2) is 18.2 Å². The van der Waals surface area contributed by atoms with E-state index in [1.54, 1.807) is 7.11 Å². The van der Waals surface area contributed by atoms with Gasteiger partial charge in [-0.3, -0.25) is 4.79 Å². The Morgan fingerprint density at radius 3 is 2.94 bits per heavy atom. The first kappa shape index (κ1) is 11.5. The third-order valence-corrected chi connectivity index (χ3v) is 4.08. The molecule has 1 heterocycles. The lowest BCUT2D eigenvalue weighted by molar-refractivity contribution is 0.0930. The van der Waals surface area contributed by atoms with E-state index in [4.69, 9.17) is 4.74 Å². The number of aryl methyl sites for hydroxylation is 1. The minimum absolute atomic E-state index is 0.181. The summed E-state index contributed by atoms with van der Waals surface area (Å²) in [4.78, 5) is 12.3. The fourth-order valence-corrected chi connectivity index (χ4v) is 3.20. The Bertz CT molecular complexity index is 395. The van der Waals surface area contributed by atoms with Crippen LogP contribution in [0.2, 0.25) is 0 Å². The Labute approximate surface area is 100 Å². The maximum atomic E-state index is 12.3. The van der Waals surface area contributed by atoms with E-state index in [2.05, 4.69) is 0 Å².